The first-order valence-electron chi connectivity index (χ1n) is 7.50. The number of carbonyl (C=O) groups is 2. The van der Waals surface area contributed by atoms with Crippen LogP contribution in [-0.4, -0.2) is 42.0 Å². The first-order valence-corrected chi connectivity index (χ1v) is 7.50. The third-order valence-electron chi connectivity index (χ3n) is 3.93. The van der Waals surface area contributed by atoms with Crippen molar-refractivity contribution in [1.82, 2.24) is 10.2 Å². The van der Waals surface area contributed by atoms with E-state index in [9.17, 15) is 22.8 Å². The minimum absolute atomic E-state index is 0.187. The number of rotatable bonds is 5. The van der Waals surface area contributed by atoms with Crippen LogP contribution in [0.3, 0.4) is 0 Å². The molecule has 2 rings (SSSR count). The monoisotopic (exact) mass is 306 g/mol. The van der Waals surface area contributed by atoms with E-state index in [4.69, 9.17) is 0 Å². The largest absolute Gasteiger partial charge is 0.390 e. The molecule has 0 aromatic rings. The van der Waals surface area contributed by atoms with Gasteiger partial charge in [-0.05, 0) is 31.6 Å². The average Bonchev–Trinajstić information content (AvgIpc) is 3.20. The molecule has 21 heavy (non-hydrogen) atoms. The summed E-state index contributed by atoms with van der Waals surface area (Å²) in [6.07, 6.45) is -0.972. The fourth-order valence-electron chi connectivity index (χ4n) is 2.54. The topological polar surface area (TPSA) is 49.4 Å². The summed E-state index contributed by atoms with van der Waals surface area (Å²) in [6, 6.07) is -0.660. The standard InChI is InChI=1S/C14H21F3N2O2/c15-14(16,17)7-8-19(9-10-5-6-10)13(21)11-3-1-2-4-12(20)18-11/h10-11H,1-9H2,(H,18,20)/t11-/m0/s1. The van der Waals surface area contributed by atoms with Crippen molar-refractivity contribution in [2.75, 3.05) is 13.1 Å². The van der Waals surface area contributed by atoms with Gasteiger partial charge in [0.1, 0.15) is 6.04 Å². The summed E-state index contributed by atoms with van der Waals surface area (Å²) < 4.78 is 37.2. The van der Waals surface area contributed by atoms with Gasteiger partial charge in [-0.1, -0.05) is 6.42 Å². The first kappa shape index (κ1) is 16.1. The van der Waals surface area contributed by atoms with Crippen molar-refractivity contribution in [3.63, 3.8) is 0 Å². The Labute approximate surface area is 122 Å². The Bertz CT molecular complexity index is 394. The van der Waals surface area contributed by atoms with Crippen molar-refractivity contribution in [1.29, 1.82) is 0 Å². The molecule has 2 fully saturated rings. The van der Waals surface area contributed by atoms with Gasteiger partial charge in [-0.25, -0.2) is 0 Å². The molecule has 1 saturated carbocycles. The van der Waals surface area contributed by atoms with Gasteiger partial charge < -0.3 is 10.2 Å². The molecule has 1 saturated heterocycles. The third-order valence-corrected chi connectivity index (χ3v) is 3.93. The highest BCUT2D eigenvalue weighted by atomic mass is 19.4. The highest BCUT2D eigenvalue weighted by Crippen LogP contribution is 2.31. The van der Waals surface area contributed by atoms with Gasteiger partial charge in [0.2, 0.25) is 11.8 Å². The van der Waals surface area contributed by atoms with Crippen LogP contribution in [-0.2, 0) is 9.59 Å². The molecule has 2 aliphatic rings. The van der Waals surface area contributed by atoms with Crippen molar-refractivity contribution in [2.24, 2.45) is 5.92 Å². The molecule has 1 aliphatic carbocycles. The lowest BCUT2D eigenvalue weighted by Crippen LogP contribution is -2.49. The van der Waals surface area contributed by atoms with Crippen LogP contribution in [0.2, 0.25) is 0 Å². The van der Waals surface area contributed by atoms with Gasteiger partial charge in [0.05, 0.1) is 6.42 Å². The van der Waals surface area contributed by atoms with Crippen molar-refractivity contribution in [3.05, 3.63) is 0 Å². The van der Waals surface area contributed by atoms with Crippen molar-refractivity contribution >= 4 is 11.8 Å². The number of nitrogens with one attached hydrogen (secondary N) is 1. The van der Waals surface area contributed by atoms with Gasteiger partial charge in [0.25, 0.3) is 0 Å². The molecular formula is C14H21F3N2O2. The Kier molecular flexibility index (Phi) is 5.11. The maximum absolute atomic E-state index is 12.4. The zero-order chi connectivity index (χ0) is 15.5. The Balaban J connectivity index is 1.96. The normalized spacial score (nSPS) is 23.4. The fraction of sp³-hybridized carbons (Fsp3) is 0.857. The van der Waals surface area contributed by atoms with E-state index >= 15 is 0 Å². The lowest BCUT2D eigenvalue weighted by atomic mass is 10.1. The highest BCUT2D eigenvalue weighted by Gasteiger charge is 2.34. The SMILES string of the molecule is O=C1CCCC[C@@H](C(=O)N(CCC(F)(F)F)CC2CC2)N1. The predicted octanol–water partition coefficient (Wildman–Crippen LogP) is 2.24. The van der Waals surface area contributed by atoms with Gasteiger partial charge in [-0.2, -0.15) is 13.2 Å². The molecule has 120 valence electrons. The molecule has 7 heteroatoms. The Morgan fingerprint density at radius 2 is 1.95 bits per heavy atom. The van der Waals surface area contributed by atoms with Crippen molar-refractivity contribution < 1.29 is 22.8 Å². The smallest absolute Gasteiger partial charge is 0.344 e. The van der Waals surface area contributed by atoms with Crippen LogP contribution in [0, 0.1) is 5.92 Å². The molecule has 4 nitrogen and oxygen atoms in total. The van der Waals surface area contributed by atoms with E-state index < -0.39 is 18.6 Å². The fourth-order valence-corrected chi connectivity index (χ4v) is 2.54. The van der Waals surface area contributed by atoms with Gasteiger partial charge in [0, 0.05) is 19.5 Å². The molecule has 1 heterocycles. The van der Waals surface area contributed by atoms with Gasteiger partial charge in [-0.15, -0.1) is 0 Å². The van der Waals surface area contributed by atoms with Crippen LogP contribution in [0.25, 0.3) is 0 Å². The maximum atomic E-state index is 12.4. The van der Waals surface area contributed by atoms with E-state index in [1.54, 1.807) is 0 Å². The summed E-state index contributed by atoms with van der Waals surface area (Å²) in [5.74, 6) is -0.224. The molecule has 1 N–H and O–H groups in total. The molecule has 2 amide bonds. The summed E-state index contributed by atoms with van der Waals surface area (Å²) in [5, 5.41) is 2.64. The lowest BCUT2D eigenvalue weighted by Gasteiger charge is -2.27. The Morgan fingerprint density at radius 3 is 2.57 bits per heavy atom. The average molecular weight is 306 g/mol. The summed E-state index contributed by atoms with van der Waals surface area (Å²) >= 11 is 0. The van der Waals surface area contributed by atoms with Crippen molar-refractivity contribution in [2.45, 2.75) is 57.2 Å². The molecule has 0 aromatic carbocycles. The molecule has 0 bridgehead atoms. The Morgan fingerprint density at radius 1 is 1.24 bits per heavy atom. The zero-order valence-electron chi connectivity index (χ0n) is 11.9. The van der Waals surface area contributed by atoms with E-state index in [1.807, 2.05) is 0 Å². The van der Waals surface area contributed by atoms with E-state index in [2.05, 4.69) is 5.32 Å². The van der Waals surface area contributed by atoms with Crippen LogP contribution in [0.5, 0.6) is 0 Å². The molecule has 1 aliphatic heterocycles. The van der Waals surface area contributed by atoms with Crippen LogP contribution < -0.4 is 5.32 Å². The van der Waals surface area contributed by atoms with E-state index in [0.29, 0.717) is 25.3 Å². The first-order chi connectivity index (χ1) is 9.85. The maximum Gasteiger partial charge on any atom is 0.390 e. The molecule has 0 aromatic heterocycles. The zero-order valence-corrected chi connectivity index (χ0v) is 11.9. The van der Waals surface area contributed by atoms with Gasteiger partial charge >= 0.3 is 6.18 Å². The number of halogens is 3. The number of amides is 2. The second kappa shape index (κ2) is 6.66. The second-order valence-electron chi connectivity index (χ2n) is 5.96. The molecule has 0 spiro atoms. The van der Waals surface area contributed by atoms with Gasteiger partial charge in [-0.3, -0.25) is 9.59 Å². The number of alkyl halides is 3. The van der Waals surface area contributed by atoms with Crippen molar-refractivity contribution in [3.8, 4) is 0 Å². The summed E-state index contributed by atoms with van der Waals surface area (Å²) in [7, 11) is 0. The summed E-state index contributed by atoms with van der Waals surface area (Å²) in [5.41, 5.74) is 0. The number of hydrogen-bond donors (Lipinski definition) is 1. The second-order valence-corrected chi connectivity index (χ2v) is 5.96. The molecule has 0 radical (unpaired) electrons. The van der Waals surface area contributed by atoms with Crippen LogP contribution in [0.15, 0.2) is 0 Å². The van der Waals surface area contributed by atoms with E-state index in [1.165, 1.54) is 4.90 Å². The van der Waals surface area contributed by atoms with E-state index in [0.717, 1.165) is 25.7 Å². The predicted molar refractivity (Wildman–Crippen MR) is 70.4 cm³/mol. The van der Waals surface area contributed by atoms with Gasteiger partial charge in [0.15, 0.2) is 0 Å². The minimum Gasteiger partial charge on any atom is -0.344 e. The quantitative estimate of drug-likeness (QED) is 0.847. The molecule has 0 unspecified atom stereocenters. The highest BCUT2D eigenvalue weighted by molar-refractivity contribution is 5.88. The van der Waals surface area contributed by atoms with Crippen LogP contribution in [0.4, 0.5) is 13.2 Å². The van der Waals surface area contributed by atoms with Crippen LogP contribution in [0.1, 0.15) is 44.9 Å². The van der Waals surface area contributed by atoms with Crippen LogP contribution >= 0.6 is 0 Å². The lowest BCUT2D eigenvalue weighted by molar-refractivity contribution is -0.147. The third kappa shape index (κ3) is 5.55. The number of nitrogens with zero attached hydrogens (tertiary/aromatic N) is 1. The number of carbonyl (C=O) groups excluding carboxylic acids is 2. The summed E-state index contributed by atoms with van der Waals surface area (Å²) in [6.45, 7) is 0.0620. The molecular weight excluding hydrogens is 285 g/mol. The molecule has 1 atom stereocenters. The Hall–Kier alpha value is -1.27. The van der Waals surface area contributed by atoms with E-state index in [-0.39, 0.29) is 18.4 Å². The number of hydrogen-bond acceptors (Lipinski definition) is 2. The minimum atomic E-state index is -4.27. The summed E-state index contributed by atoms with van der Waals surface area (Å²) in [4.78, 5) is 25.2.